The van der Waals surface area contributed by atoms with E-state index in [1.54, 1.807) is 24.3 Å². The van der Waals surface area contributed by atoms with Gasteiger partial charge in [-0.15, -0.1) is 0 Å². The van der Waals surface area contributed by atoms with Crippen molar-refractivity contribution in [3.05, 3.63) is 95.6 Å². The van der Waals surface area contributed by atoms with E-state index in [4.69, 9.17) is 0 Å². The van der Waals surface area contributed by atoms with E-state index in [0.717, 1.165) is 17.7 Å². The van der Waals surface area contributed by atoms with Gasteiger partial charge in [0.15, 0.2) is 0 Å². The summed E-state index contributed by atoms with van der Waals surface area (Å²) in [6.07, 6.45) is -4.48. The van der Waals surface area contributed by atoms with Crippen molar-refractivity contribution in [3.63, 3.8) is 0 Å². The molecule has 0 aliphatic heterocycles. The Hall–Kier alpha value is -3.81. The van der Waals surface area contributed by atoms with Crippen LogP contribution in [0.2, 0.25) is 0 Å². The van der Waals surface area contributed by atoms with Crippen molar-refractivity contribution >= 4 is 23.2 Å². The van der Waals surface area contributed by atoms with Crippen LogP contribution in [0, 0.1) is 0 Å². The molecule has 0 heterocycles. The molecule has 0 fully saturated rings. The standard InChI is InChI=1S/C24H22F3N3O2/c1-16(17-6-3-2-4-7-17)29-23(32)18-10-12-20(13-11-18)28-15-22(31)30-21-9-5-8-19(14-21)24(25,26)27/h2-14,16,28H,15H2,1H3,(H,29,32)(H,30,31). The fourth-order valence-electron chi connectivity index (χ4n) is 3.01. The molecule has 1 unspecified atom stereocenters. The number of carbonyl (C=O) groups is 2. The van der Waals surface area contributed by atoms with E-state index in [1.807, 2.05) is 37.3 Å². The summed E-state index contributed by atoms with van der Waals surface area (Å²) in [6, 6.07) is 20.4. The number of alkyl halides is 3. The van der Waals surface area contributed by atoms with Crippen LogP contribution in [-0.2, 0) is 11.0 Å². The normalized spacial score (nSPS) is 12.0. The molecule has 3 N–H and O–H groups in total. The highest BCUT2D eigenvalue weighted by Crippen LogP contribution is 2.30. The Morgan fingerprint density at radius 3 is 2.22 bits per heavy atom. The molecule has 5 nitrogen and oxygen atoms in total. The van der Waals surface area contributed by atoms with Gasteiger partial charge in [0.1, 0.15) is 0 Å². The number of amides is 2. The largest absolute Gasteiger partial charge is 0.416 e. The number of hydrogen-bond acceptors (Lipinski definition) is 3. The predicted octanol–water partition coefficient (Wildman–Crippen LogP) is 5.25. The lowest BCUT2D eigenvalue weighted by Gasteiger charge is -2.14. The average Bonchev–Trinajstić information content (AvgIpc) is 2.78. The second kappa shape index (κ2) is 10.00. The maximum atomic E-state index is 12.8. The topological polar surface area (TPSA) is 70.2 Å². The van der Waals surface area contributed by atoms with Gasteiger partial charge in [0.2, 0.25) is 5.91 Å². The van der Waals surface area contributed by atoms with Gasteiger partial charge >= 0.3 is 6.18 Å². The van der Waals surface area contributed by atoms with Crippen molar-refractivity contribution in [2.75, 3.05) is 17.2 Å². The van der Waals surface area contributed by atoms with Crippen LogP contribution in [0.1, 0.15) is 34.5 Å². The molecule has 8 heteroatoms. The molecule has 3 rings (SSSR count). The number of hydrogen-bond donors (Lipinski definition) is 3. The highest BCUT2D eigenvalue weighted by molar-refractivity contribution is 5.95. The maximum Gasteiger partial charge on any atom is 0.416 e. The first kappa shape index (κ1) is 22.9. The van der Waals surface area contributed by atoms with E-state index < -0.39 is 17.6 Å². The highest BCUT2D eigenvalue weighted by atomic mass is 19.4. The Morgan fingerprint density at radius 2 is 1.56 bits per heavy atom. The molecule has 0 aliphatic rings. The van der Waals surface area contributed by atoms with Crippen LogP contribution in [0.15, 0.2) is 78.9 Å². The minimum absolute atomic E-state index is 0.0613. The first-order chi connectivity index (χ1) is 15.2. The van der Waals surface area contributed by atoms with Gasteiger partial charge in [-0.05, 0) is 55.0 Å². The summed E-state index contributed by atoms with van der Waals surface area (Å²) in [5.74, 6) is -0.724. The molecular weight excluding hydrogens is 419 g/mol. The minimum atomic E-state index is -4.48. The van der Waals surface area contributed by atoms with Crippen LogP contribution >= 0.6 is 0 Å². The molecule has 3 aromatic carbocycles. The van der Waals surface area contributed by atoms with Crippen molar-refractivity contribution in [3.8, 4) is 0 Å². The van der Waals surface area contributed by atoms with Crippen molar-refractivity contribution in [1.29, 1.82) is 0 Å². The molecule has 0 aliphatic carbocycles. The number of rotatable bonds is 7. The van der Waals surface area contributed by atoms with Gasteiger partial charge in [-0.25, -0.2) is 0 Å². The molecule has 0 aromatic heterocycles. The lowest BCUT2D eigenvalue weighted by atomic mass is 10.1. The summed E-state index contributed by atoms with van der Waals surface area (Å²) in [5, 5.41) is 8.22. The molecule has 32 heavy (non-hydrogen) atoms. The Morgan fingerprint density at radius 1 is 0.875 bits per heavy atom. The van der Waals surface area contributed by atoms with Crippen molar-refractivity contribution in [2.45, 2.75) is 19.1 Å². The van der Waals surface area contributed by atoms with Gasteiger partial charge in [0.25, 0.3) is 5.91 Å². The summed E-state index contributed by atoms with van der Waals surface area (Å²) in [7, 11) is 0. The summed E-state index contributed by atoms with van der Waals surface area (Å²) in [5.41, 5.74) is 1.28. The third-order valence-electron chi connectivity index (χ3n) is 4.72. The lowest BCUT2D eigenvalue weighted by Crippen LogP contribution is -2.26. The van der Waals surface area contributed by atoms with E-state index in [2.05, 4.69) is 16.0 Å². The van der Waals surface area contributed by atoms with Crippen LogP contribution in [0.5, 0.6) is 0 Å². The number of nitrogens with one attached hydrogen (secondary N) is 3. The first-order valence-electron chi connectivity index (χ1n) is 9.89. The highest BCUT2D eigenvalue weighted by Gasteiger charge is 2.30. The number of carbonyl (C=O) groups excluding carboxylic acids is 2. The first-order valence-corrected chi connectivity index (χ1v) is 9.89. The Balaban J connectivity index is 1.51. The Bertz CT molecular complexity index is 1070. The molecule has 3 aromatic rings. The lowest BCUT2D eigenvalue weighted by molar-refractivity contribution is -0.137. The molecule has 166 valence electrons. The van der Waals surface area contributed by atoms with Gasteiger partial charge in [0.05, 0.1) is 18.2 Å². The summed E-state index contributed by atoms with van der Waals surface area (Å²) >= 11 is 0. The van der Waals surface area contributed by atoms with Gasteiger partial charge in [-0.2, -0.15) is 13.2 Å². The van der Waals surface area contributed by atoms with Crippen molar-refractivity contribution < 1.29 is 22.8 Å². The Kier molecular flexibility index (Phi) is 7.14. The van der Waals surface area contributed by atoms with Crippen LogP contribution in [0.3, 0.4) is 0 Å². The van der Waals surface area contributed by atoms with Gasteiger partial charge in [0, 0.05) is 16.9 Å². The van der Waals surface area contributed by atoms with E-state index in [0.29, 0.717) is 11.3 Å². The number of benzene rings is 3. The second-order valence-electron chi connectivity index (χ2n) is 7.16. The Labute approximate surface area is 183 Å². The van der Waals surface area contributed by atoms with E-state index >= 15 is 0 Å². The van der Waals surface area contributed by atoms with Crippen molar-refractivity contribution in [2.24, 2.45) is 0 Å². The van der Waals surface area contributed by atoms with E-state index in [9.17, 15) is 22.8 Å². The summed E-state index contributed by atoms with van der Waals surface area (Å²) in [6.45, 7) is 1.75. The molecular formula is C24H22F3N3O2. The quantitative estimate of drug-likeness (QED) is 0.469. The smallest absolute Gasteiger partial charge is 0.376 e. The van der Waals surface area contributed by atoms with Crippen LogP contribution in [0.4, 0.5) is 24.5 Å². The maximum absolute atomic E-state index is 12.8. The fraction of sp³-hybridized carbons (Fsp3) is 0.167. The molecule has 0 radical (unpaired) electrons. The molecule has 1 atom stereocenters. The van der Waals surface area contributed by atoms with Crippen molar-refractivity contribution in [1.82, 2.24) is 5.32 Å². The van der Waals surface area contributed by atoms with Crippen LogP contribution < -0.4 is 16.0 Å². The zero-order valence-corrected chi connectivity index (χ0v) is 17.2. The molecule has 0 bridgehead atoms. The fourth-order valence-corrected chi connectivity index (χ4v) is 3.01. The molecule has 0 saturated heterocycles. The SMILES string of the molecule is CC(NC(=O)c1ccc(NCC(=O)Nc2cccc(C(F)(F)F)c2)cc1)c1ccccc1. The minimum Gasteiger partial charge on any atom is -0.376 e. The summed E-state index contributed by atoms with van der Waals surface area (Å²) < 4.78 is 38.3. The molecule has 0 spiro atoms. The third-order valence-corrected chi connectivity index (χ3v) is 4.72. The average molecular weight is 441 g/mol. The van der Waals surface area contributed by atoms with Gasteiger partial charge < -0.3 is 16.0 Å². The predicted molar refractivity (Wildman–Crippen MR) is 117 cm³/mol. The third kappa shape index (κ3) is 6.34. The van der Waals surface area contributed by atoms with E-state index in [-0.39, 0.29) is 24.2 Å². The summed E-state index contributed by atoms with van der Waals surface area (Å²) in [4.78, 5) is 24.5. The van der Waals surface area contributed by atoms with E-state index in [1.165, 1.54) is 12.1 Å². The van der Waals surface area contributed by atoms with Gasteiger partial charge in [-0.3, -0.25) is 9.59 Å². The van der Waals surface area contributed by atoms with Crippen LogP contribution in [0.25, 0.3) is 0 Å². The zero-order chi connectivity index (χ0) is 23.1. The number of halogens is 3. The van der Waals surface area contributed by atoms with Crippen LogP contribution in [-0.4, -0.2) is 18.4 Å². The van der Waals surface area contributed by atoms with Gasteiger partial charge in [-0.1, -0.05) is 36.4 Å². The molecule has 2 amide bonds. The zero-order valence-electron chi connectivity index (χ0n) is 17.2. The molecule has 0 saturated carbocycles. The number of anilines is 2. The second-order valence-corrected chi connectivity index (χ2v) is 7.16. The monoisotopic (exact) mass is 441 g/mol.